The smallest absolute Gasteiger partial charge is 0.462 e. The molecule has 0 bridgehead atoms. The highest BCUT2D eigenvalue weighted by Crippen LogP contribution is 2.43. The molecule has 0 saturated heterocycles. The first kappa shape index (κ1) is 76.7. The second-order valence-corrected chi connectivity index (χ2v) is 24.2. The number of phosphoric ester groups is 1. The van der Waals surface area contributed by atoms with Crippen LogP contribution in [0.15, 0.2) is 109 Å². The van der Waals surface area contributed by atoms with Crippen LogP contribution in [0.25, 0.3) is 0 Å². The number of carbonyl (C=O) groups is 2. The first-order chi connectivity index (χ1) is 39.0. The molecule has 10 heteroatoms. The van der Waals surface area contributed by atoms with Gasteiger partial charge in [0, 0.05) is 12.8 Å². The molecule has 0 saturated carbocycles. The molecule has 0 aromatic carbocycles. The van der Waals surface area contributed by atoms with Crippen molar-refractivity contribution < 1.29 is 42.1 Å². The largest absolute Gasteiger partial charge is 0.472 e. The SMILES string of the molecule is CC/C=C\C/C=C\C/C=C\C/C=C\C/C=C\C/C=C\C/C=C\C/C=C\CCCCCCCCCCCCC(=O)OC(COC(=O)CCCCCCCCCCC/C=C\CCCCCCCCCC)COP(=O)(O)OCC[N+](C)(C)C. The third-order valence-electron chi connectivity index (χ3n) is 13.8. The van der Waals surface area contributed by atoms with E-state index in [1.807, 2.05) is 21.1 Å². The van der Waals surface area contributed by atoms with Crippen LogP contribution in [-0.2, 0) is 32.7 Å². The minimum atomic E-state index is -4.40. The molecule has 0 aliphatic heterocycles. The summed E-state index contributed by atoms with van der Waals surface area (Å²) in [6.45, 7) is 4.33. The number of rotatable bonds is 59. The van der Waals surface area contributed by atoms with E-state index in [9.17, 15) is 19.0 Å². The third kappa shape index (κ3) is 63.8. The Labute approximate surface area is 493 Å². The number of unbranched alkanes of at least 4 members (excludes halogenated alkanes) is 27. The third-order valence-corrected chi connectivity index (χ3v) is 14.8. The Morgan fingerprint density at radius 1 is 0.400 bits per heavy atom. The van der Waals surface area contributed by atoms with Crippen LogP contribution in [0.5, 0.6) is 0 Å². The van der Waals surface area contributed by atoms with E-state index in [2.05, 4.69) is 123 Å². The van der Waals surface area contributed by atoms with Gasteiger partial charge in [-0.05, 0) is 103 Å². The summed E-state index contributed by atoms with van der Waals surface area (Å²) < 4.78 is 34.7. The van der Waals surface area contributed by atoms with Crippen molar-refractivity contribution in [2.75, 3.05) is 47.5 Å². The van der Waals surface area contributed by atoms with Crippen LogP contribution in [-0.4, -0.2) is 74.9 Å². The molecule has 0 aromatic rings. The van der Waals surface area contributed by atoms with Gasteiger partial charge in [0.05, 0.1) is 27.7 Å². The number of hydrogen-bond donors (Lipinski definition) is 1. The summed E-state index contributed by atoms with van der Waals surface area (Å²) in [5, 5.41) is 0. The van der Waals surface area contributed by atoms with Gasteiger partial charge in [0.1, 0.15) is 19.8 Å². The molecular formula is C70H123NO8P+. The zero-order valence-corrected chi connectivity index (χ0v) is 53.2. The highest BCUT2D eigenvalue weighted by Gasteiger charge is 2.27. The fraction of sp³-hybridized carbons (Fsp3) is 0.714. The van der Waals surface area contributed by atoms with Crippen LogP contribution in [0.1, 0.15) is 271 Å². The predicted octanol–water partition coefficient (Wildman–Crippen LogP) is 20.9. The summed E-state index contributed by atoms with van der Waals surface area (Å²) in [6.07, 6.45) is 84.5. The lowest BCUT2D eigenvalue weighted by molar-refractivity contribution is -0.870. The fourth-order valence-electron chi connectivity index (χ4n) is 8.79. The fourth-order valence-corrected chi connectivity index (χ4v) is 9.53. The number of esters is 2. The first-order valence-corrected chi connectivity index (χ1v) is 34.1. The molecule has 0 aromatic heterocycles. The topological polar surface area (TPSA) is 108 Å². The predicted molar refractivity (Wildman–Crippen MR) is 344 cm³/mol. The maximum atomic E-state index is 12.9. The molecule has 1 N–H and O–H groups in total. The van der Waals surface area contributed by atoms with Crippen molar-refractivity contribution in [1.82, 2.24) is 0 Å². The number of phosphoric acid groups is 1. The van der Waals surface area contributed by atoms with Gasteiger partial charge in [0.25, 0.3) is 0 Å². The zero-order chi connectivity index (χ0) is 58.4. The van der Waals surface area contributed by atoms with Gasteiger partial charge < -0.3 is 18.9 Å². The van der Waals surface area contributed by atoms with Crippen molar-refractivity contribution in [3.05, 3.63) is 109 Å². The number of nitrogens with zero attached hydrogens (tertiary/aromatic N) is 1. The van der Waals surface area contributed by atoms with Crippen LogP contribution in [0, 0.1) is 0 Å². The monoisotopic (exact) mass is 1140 g/mol. The van der Waals surface area contributed by atoms with Gasteiger partial charge in [-0.2, -0.15) is 0 Å². The van der Waals surface area contributed by atoms with Gasteiger partial charge in [-0.25, -0.2) is 4.57 Å². The molecule has 0 fully saturated rings. The molecule has 0 spiro atoms. The van der Waals surface area contributed by atoms with Gasteiger partial charge in [0.15, 0.2) is 6.10 Å². The lowest BCUT2D eigenvalue weighted by Gasteiger charge is -2.24. The summed E-state index contributed by atoms with van der Waals surface area (Å²) in [6, 6.07) is 0. The minimum absolute atomic E-state index is 0.0264. The number of quaternary nitrogens is 1. The minimum Gasteiger partial charge on any atom is -0.462 e. The van der Waals surface area contributed by atoms with Crippen LogP contribution < -0.4 is 0 Å². The molecule has 0 radical (unpaired) electrons. The number of hydrogen-bond acceptors (Lipinski definition) is 7. The van der Waals surface area contributed by atoms with E-state index >= 15 is 0 Å². The molecule has 0 aliphatic rings. The lowest BCUT2D eigenvalue weighted by atomic mass is 10.0. The van der Waals surface area contributed by atoms with Crippen molar-refractivity contribution in [2.45, 2.75) is 277 Å². The highest BCUT2D eigenvalue weighted by molar-refractivity contribution is 7.47. The molecule has 0 aliphatic carbocycles. The summed E-state index contributed by atoms with van der Waals surface area (Å²) in [5.41, 5.74) is 0. The zero-order valence-electron chi connectivity index (χ0n) is 52.3. The normalized spacial score (nSPS) is 13.9. The molecule has 0 amide bonds. The lowest BCUT2D eigenvalue weighted by Crippen LogP contribution is -2.37. The van der Waals surface area contributed by atoms with Crippen molar-refractivity contribution in [3.8, 4) is 0 Å². The van der Waals surface area contributed by atoms with E-state index in [1.165, 1.54) is 141 Å². The summed E-state index contributed by atoms with van der Waals surface area (Å²) in [5.74, 6) is -0.803. The number of allylic oxidation sites excluding steroid dienone is 18. The van der Waals surface area contributed by atoms with Crippen LogP contribution in [0.3, 0.4) is 0 Å². The average molecular weight is 1140 g/mol. The summed E-state index contributed by atoms with van der Waals surface area (Å²) in [7, 11) is 1.47. The van der Waals surface area contributed by atoms with E-state index in [0.29, 0.717) is 17.4 Å². The number of carbonyl (C=O) groups excluding carboxylic acids is 2. The Hall–Kier alpha value is -3.33. The van der Waals surface area contributed by atoms with Gasteiger partial charge in [-0.15, -0.1) is 0 Å². The van der Waals surface area contributed by atoms with Crippen molar-refractivity contribution >= 4 is 19.8 Å². The molecular weight excluding hydrogens is 1010 g/mol. The molecule has 460 valence electrons. The quantitative estimate of drug-likeness (QED) is 0.0211. The molecule has 0 heterocycles. The molecule has 2 atom stereocenters. The first-order valence-electron chi connectivity index (χ1n) is 32.6. The Balaban J connectivity index is 4.13. The van der Waals surface area contributed by atoms with Crippen molar-refractivity contribution in [1.29, 1.82) is 0 Å². The van der Waals surface area contributed by atoms with E-state index < -0.39 is 26.5 Å². The van der Waals surface area contributed by atoms with Crippen LogP contribution in [0.2, 0.25) is 0 Å². The Kier molecular flexibility index (Phi) is 57.8. The number of ether oxygens (including phenoxy) is 2. The van der Waals surface area contributed by atoms with Gasteiger partial charge >= 0.3 is 19.8 Å². The maximum absolute atomic E-state index is 12.9. The van der Waals surface area contributed by atoms with Crippen LogP contribution >= 0.6 is 7.82 Å². The summed E-state index contributed by atoms with van der Waals surface area (Å²) in [4.78, 5) is 35.8. The molecule has 80 heavy (non-hydrogen) atoms. The van der Waals surface area contributed by atoms with Gasteiger partial charge in [-0.1, -0.05) is 264 Å². The summed E-state index contributed by atoms with van der Waals surface area (Å²) >= 11 is 0. The van der Waals surface area contributed by atoms with Gasteiger partial charge in [-0.3, -0.25) is 18.6 Å². The van der Waals surface area contributed by atoms with E-state index in [0.717, 1.165) is 96.3 Å². The van der Waals surface area contributed by atoms with Crippen molar-refractivity contribution in [3.63, 3.8) is 0 Å². The second kappa shape index (κ2) is 60.3. The Morgan fingerprint density at radius 2 is 0.713 bits per heavy atom. The molecule has 9 nitrogen and oxygen atoms in total. The average Bonchev–Trinajstić information content (AvgIpc) is 3.42. The maximum Gasteiger partial charge on any atom is 0.472 e. The van der Waals surface area contributed by atoms with Crippen molar-refractivity contribution in [2.24, 2.45) is 0 Å². The van der Waals surface area contributed by atoms with Gasteiger partial charge in [0.2, 0.25) is 0 Å². The Bertz CT molecular complexity index is 1720. The Morgan fingerprint density at radius 3 is 1.07 bits per heavy atom. The van der Waals surface area contributed by atoms with E-state index in [-0.39, 0.29) is 32.0 Å². The number of likely N-dealkylation sites (N-methyl/N-ethyl adjacent to an activating group) is 1. The highest BCUT2D eigenvalue weighted by atomic mass is 31.2. The van der Waals surface area contributed by atoms with E-state index in [4.69, 9.17) is 18.5 Å². The van der Waals surface area contributed by atoms with Crippen LogP contribution in [0.4, 0.5) is 0 Å². The van der Waals surface area contributed by atoms with E-state index in [1.54, 1.807) is 0 Å². The standard InChI is InChI=1S/C70H122NO8P/c1-6-8-10-12-14-16-18-20-22-24-26-28-29-30-31-32-33-34-35-36-37-38-39-40-41-43-45-47-49-51-53-55-57-59-61-63-70(73)79-68(67-78-80(74,75)77-65-64-71(3,4)5)66-76-69(72)62-60-58-56-54-52-50-48-46-44-42-27-25-23-21-19-17-15-13-11-9-7-2/h8,10,14,16,20,22,25-28,30-31,33-34,36-37,39-40,68H,6-7,9,11-13,15,17-19,21,23-24,29,32,35,38,41-67H2,1-5H3/p+1/b10-8-,16-14-,22-20-,27-25-,28-26-,31-30-,34-33-,37-36-,40-39-. The second-order valence-electron chi connectivity index (χ2n) is 22.8. The molecule has 0 rings (SSSR count). The molecule has 2 unspecified atom stereocenters.